The van der Waals surface area contributed by atoms with E-state index in [0.29, 0.717) is 0 Å². The van der Waals surface area contributed by atoms with Crippen molar-refractivity contribution in [3.05, 3.63) is 30.0 Å². The van der Waals surface area contributed by atoms with Crippen LogP contribution < -0.4 is 4.74 Å². The Bertz CT molecular complexity index is 443. The average Bonchev–Trinajstić information content (AvgIpc) is 2.48. The van der Waals surface area contributed by atoms with E-state index in [1.165, 1.54) is 16.5 Å². The number of aryl methyl sites for hydroxylation is 2. The van der Waals surface area contributed by atoms with Gasteiger partial charge in [0.15, 0.2) is 0 Å². The van der Waals surface area contributed by atoms with Gasteiger partial charge in [-0.15, -0.1) is 0 Å². The van der Waals surface area contributed by atoms with E-state index in [1.807, 2.05) is 13.2 Å². The first-order valence-corrected chi connectivity index (χ1v) is 4.32. The van der Waals surface area contributed by atoms with Gasteiger partial charge in [0.05, 0.1) is 12.6 Å². The molecule has 1 aromatic heterocycles. The zero-order chi connectivity index (χ0) is 9.42. The lowest BCUT2D eigenvalue weighted by molar-refractivity contribution is 0.417. The number of hydrogen-bond donors (Lipinski definition) is 0. The summed E-state index contributed by atoms with van der Waals surface area (Å²) in [5.41, 5.74) is 2.39. The second-order valence-electron chi connectivity index (χ2n) is 3.28. The van der Waals surface area contributed by atoms with Crippen LogP contribution in [0.3, 0.4) is 0 Å². The van der Waals surface area contributed by atoms with E-state index in [2.05, 4.69) is 29.7 Å². The molecule has 0 N–H and O–H groups in total. The monoisotopic (exact) mass is 175 g/mol. The van der Waals surface area contributed by atoms with E-state index in [1.54, 1.807) is 7.11 Å². The maximum Gasteiger partial charge on any atom is 0.131 e. The lowest BCUT2D eigenvalue weighted by atomic mass is 10.1. The molecule has 2 nitrogen and oxygen atoms in total. The van der Waals surface area contributed by atoms with E-state index >= 15 is 0 Å². The normalized spacial score (nSPS) is 10.7. The summed E-state index contributed by atoms with van der Waals surface area (Å²) in [6.45, 7) is 2.06. The fraction of sp³-hybridized carbons (Fsp3) is 0.273. The van der Waals surface area contributed by atoms with Crippen molar-refractivity contribution < 1.29 is 4.74 Å². The van der Waals surface area contributed by atoms with Crippen LogP contribution in [0.4, 0.5) is 0 Å². The van der Waals surface area contributed by atoms with Gasteiger partial charge in [-0.3, -0.25) is 0 Å². The topological polar surface area (TPSA) is 14.2 Å². The number of ether oxygens (including phenoxy) is 1. The van der Waals surface area contributed by atoms with Crippen molar-refractivity contribution in [2.24, 2.45) is 7.05 Å². The summed E-state index contributed by atoms with van der Waals surface area (Å²) in [6.07, 6.45) is 2.05. The second-order valence-corrected chi connectivity index (χ2v) is 3.28. The number of fused-ring (bicyclic) bond motifs is 1. The molecule has 0 saturated heterocycles. The second kappa shape index (κ2) is 2.80. The molecule has 0 amide bonds. The van der Waals surface area contributed by atoms with E-state index in [4.69, 9.17) is 4.74 Å². The van der Waals surface area contributed by atoms with Crippen molar-refractivity contribution in [3.8, 4) is 5.75 Å². The van der Waals surface area contributed by atoms with Gasteiger partial charge in [0.25, 0.3) is 0 Å². The fourth-order valence-electron chi connectivity index (χ4n) is 1.70. The SMILES string of the molecule is COc1c(C)ccc2c1ccn2C. The lowest BCUT2D eigenvalue weighted by Crippen LogP contribution is -1.89. The van der Waals surface area contributed by atoms with Crippen molar-refractivity contribution in [3.63, 3.8) is 0 Å². The summed E-state index contributed by atoms with van der Waals surface area (Å²) < 4.78 is 7.45. The van der Waals surface area contributed by atoms with Gasteiger partial charge in [-0.1, -0.05) is 6.07 Å². The van der Waals surface area contributed by atoms with Crippen molar-refractivity contribution in [2.75, 3.05) is 7.11 Å². The molecule has 0 aliphatic rings. The Kier molecular flexibility index (Phi) is 1.76. The standard InChI is InChI=1S/C11H13NO/c1-8-4-5-10-9(11(8)13-3)6-7-12(10)2/h4-7H,1-3H3. The van der Waals surface area contributed by atoms with Crippen molar-refractivity contribution in [1.29, 1.82) is 0 Å². The number of rotatable bonds is 1. The van der Waals surface area contributed by atoms with E-state index in [0.717, 1.165) is 5.75 Å². The molecule has 0 radical (unpaired) electrons. The third kappa shape index (κ3) is 1.10. The summed E-state index contributed by atoms with van der Waals surface area (Å²) >= 11 is 0. The van der Waals surface area contributed by atoms with Crippen LogP contribution in [0.1, 0.15) is 5.56 Å². The van der Waals surface area contributed by atoms with Crippen LogP contribution in [0.5, 0.6) is 5.75 Å². The van der Waals surface area contributed by atoms with Crippen LogP contribution in [-0.2, 0) is 7.05 Å². The predicted molar refractivity (Wildman–Crippen MR) is 54.2 cm³/mol. The van der Waals surface area contributed by atoms with Gasteiger partial charge >= 0.3 is 0 Å². The molecule has 0 saturated carbocycles. The van der Waals surface area contributed by atoms with Crippen LogP contribution in [-0.4, -0.2) is 11.7 Å². The molecule has 2 aromatic rings. The predicted octanol–water partition coefficient (Wildman–Crippen LogP) is 2.50. The molecule has 0 fully saturated rings. The first kappa shape index (κ1) is 8.17. The molecule has 68 valence electrons. The third-order valence-electron chi connectivity index (χ3n) is 2.42. The largest absolute Gasteiger partial charge is 0.496 e. The molecular formula is C11H13NO. The molecule has 2 heteroatoms. The number of benzene rings is 1. The molecule has 0 bridgehead atoms. The van der Waals surface area contributed by atoms with Crippen LogP contribution >= 0.6 is 0 Å². The highest BCUT2D eigenvalue weighted by molar-refractivity contribution is 5.87. The number of nitrogens with zero attached hydrogens (tertiary/aromatic N) is 1. The minimum atomic E-state index is 0.984. The van der Waals surface area contributed by atoms with Crippen LogP contribution in [0.15, 0.2) is 24.4 Å². The van der Waals surface area contributed by atoms with Gasteiger partial charge < -0.3 is 9.30 Å². The molecule has 1 heterocycles. The molecule has 2 rings (SSSR count). The van der Waals surface area contributed by atoms with Gasteiger partial charge in [-0.2, -0.15) is 0 Å². The Balaban J connectivity index is 2.85. The van der Waals surface area contributed by atoms with Crippen molar-refractivity contribution >= 4 is 10.9 Å². The van der Waals surface area contributed by atoms with E-state index in [-0.39, 0.29) is 0 Å². The minimum Gasteiger partial charge on any atom is -0.496 e. The van der Waals surface area contributed by atoms with Crippen molar-refractivity contribution in [1.82, 2.24) is 4.57 Å². The summed E-state index contributed by atoms with van der Waals surface area (Å²) in [5.74, 6) is 0.984. The highest BCUT2D eigenvalue weighted by Crippen LogP contribution is 2.29. The first-order chi connectivity index (χ1) is 6.24. The summed E-state index contributed by atoms with van der Waals surface area (Å²) in [4.78, 5) is 0. The lowest BCUT2D eigenvalue weighted by Gasteiger charge is -2.06. The maximum atomic E-state index is 5.36. The molecule has 0 unspecified atom stereocenters. The van der Waals surface area contributed by atoms with Gasteiger partial charge in [0.2, 0.25) is 0 Å². The van der Waals surface area contributed by atoms with Gasteiger partial charge in [0.1, 0.15) is 5.75 Å². The Morgan fingerprint density at radius 2 is 2.00 bits per heavy atom. The minimum absolute atomic E-state index is 0.984. The van der Waals surface area contributed by atoms with E-state index < -0.39 is 0 Å². The third-order valence-corrected chi connectivity index (χ3v) is 2.42. The van der Waals surface area contributed by atoms with Gasteiger partial charge in [0, 0.05) is 18.6 Å². The molecule has 1 aromatic carbocycles. The maximum absolute atomic E-state index is 5.36. The molecule has 0 spiro atoms. The quantitative estimate of drug-likeness (QED) is 0.649. The van der Waals surface area contributed by atoms with Crippen LogP contribution in [0.25, 0.3) is 10.9 Å². The van der Waals surface area contributed by atoms with Crippen LogP contribution in [0, 0.1) is 6.92 Å². The smallest absolute Gasteiger partial charge is 0.131 e. The van der Waals surface area contributed by atoms with Crippen LogP contribution in [0.2, 0.25) is 0 Å². The Morgan fingerprint density at radius 3 is 2.69 bits per heavy atom. The van der Waals surface area contributed by atoms with Crippen molar-refractivity contribution in [2.45, 2.75) is 6.92 Å². The number of aromatic nitrogens is 1. The van der Waals surface area contributed by atoms with E-state index in [9.17, 15) is 0 Å². The highest BCUT2D eigenvalue weighted by Gasteiger charge is 2.06. The first-order valence-electron chi connectivity index (χ1n) is 4.32. The molecule has 0 atom stereocenters. The molecule has 0 aliphatic heterocycles. The molecule has 13 heavy (non-hydrogen) atoms. The fourth-order valence-corrected chi connectivity index (χ4v) is 1.70. The summed E-state index contributed by atoms with van der Waals surface area (Å²) in [7, 11) is 3.76. The summed E-state index contributed by atoms with van der Waals surface area (Å²) in [6, 6.07) is 6.29. The number of hydrogen-bond acceptors (Lipinski definition) is 1. The zero-order valence-corrected chi connectivity index (χ0v) is 8.16. The average molecular weight is 175 g/mol. The van der Waals surface area contributed by atoms with Gasteiger partial charge in [-0.25, -0.2) is 0 Å². The highest BCUT2D eigenvalue weighted by atomic mass is 16.5. The summed E-state index contributed by atoms with van der Waals surface area (Å²) in [5, 5.41) is 1.19. The zero-order valence-electron chi connectivity index (χ0n) is 8.16. The molecular weight excluding hydrogens is 162 g/mol. The Hall–Kier alpha value is -1.44. The Labute approximate surface area is 77.7 Å². The number of methoxy groups -OCH3 is 1. The van der Waals surface area contributed by atoms with Gasteiger partial charge in [-0.05, 0) is 24.6 Å². The molecule has 0 aliphatic carbocycles. The Morgan fingerprint density at radius 1 is 1.23 bits per heavy atom.